The molecule has 1 aliphatic carbocycles. The van der Waals surface area contributed by atoms with Gasteiger partial charge in [0, 0.05) is 11.6 Å². The summed E-state index contributed by atoms with van der Waals surface area (Å²) in [5.41, 5.74) is 0.973. The molecule has 0 spiro atoms. The van der Waals surface area contributed by atoms with Crippen LogP contribution in [0.25, 0.3) is 5.83 Å². The van der Waals surface area contributed by atoms with E-state index >= 15 is 0 Å². The predicted molar refractivity (Wildman–Crippen MR) is 97.9 cm³/mol. The summed E-state index contributed by atoms with van der Waals surface area (Å²) in [6.45, 7) is 2.22. The molecule has 0 heterocycles. The van der Waals surface area contributed by atoms with Crippen LogP contribution in [0.1, 0.15) is 49.7 Å². The van der Waals surface area contributed by atoms with Gasteiger partial charge in [0.05, 0.1) is 0 Å². The van der Waals surface area contributed by atoms with Gasteiger partial charge in [-0.3, -0.25) is 0 Å². The maximum atomic E-state index is 14.3. The number of benzene rings is 2. The van der Waals surface area contributed by atoms with Crippen molar-refractivity contribution in [3.05, 3.63) is 71.1 Å². The summed E-state index contributed by atoms with van der Waals surface area (Å²) in [6, 6.07) is 8.58. The van der Waals surface area contributed by atoms with E-state index in [0.29, 0.717) is 17.9 Å². The van der Waals surface area contributed by atoms with E-state index < -0.39 is 35.0 Å². The standard InChI is InChI=1S/C22H20F4O2/c1-13-2-4-14(5-3-13)15-6-8-16(9-7-15)20(25)21(26)22(27)28-17-10-11-18(23)19(24)12-17/h6-14H,2-5H2,1H3/b21-20-. The highest BCUT2D eigenvalue weighted by Crippen LogP contribution is 2.36. The second-order valence-electron chi connectivity index (χ2n) is 7.17. The number of rotatable bonds is 4. The van der Waals surface area contributed by atoms with Crippen LogP contribution in [0.3, 0.4) is 0 Å². The Bertz CT molecular complexity index is 882. The molecule has 0 atom stereocenters. The van der Waals surface area contributed by atoms with E-state index in [1.165, 1.54) is 12.1 Å². The molecule has 3 rings (SSSR count). The van der Waals surface area contributed by atoms with Crippen LogP contribution in [0.15, 0.2) is 48.3 Å². The predicted octanol–water partition coefficient (Wildman–Crippen LogP) is 6.47. The number of ether oxygens (including phenoxy) is 1. The first-order valence-corrected chi connectivity index (χ1v) is 9.18. The largest absolute Gasteiger partial charge is 0.421 e. The van der Waals surface area contributed by atoms with Crippen molar-refractivity contribution in [2.75, 3.05) is 0 Å². The van der Waals surface area contributed by atoms with Crippen LogP contribution in [0.4, 0.5) is 17.6 Å². The lowest BCUT2D eigenvalue weighted by Crippen LogP contribution is -2.11. The first-order chi connectivity index (χ1) is 13.3. The van der Waals surface area contributed by atoms with Crippen molar-refractivity contribution in [1.82, 2.24) is 0 Å². The van der Waals surface area contributed by atoms with E-state index in [2.05, 4.69) is 11.7 Å². The van der Waals surface area contributed by atoms with Crippen molar-refractivity contribution in [3.63, 3.8) is 0 Å². The molecule has 0 N–H and O–H groups in total. The van der Waals surface area contributed by atoms with E-state index in [0.717, 1.165) is 43.4 Å². The molecule has 1 aliphatic rings. The van der Waals surface area contributed by atoms with Crippen molar-refractivity contribution in [1.29, 1.82) is 0 Å². The van der Waals surface area contributed by atoms with Gasteiger partial charge in [-0.15, -0.1) is 0 Å². The van der Waals surface area contributed by atoms with Crippen LogP contribution in [0.5, 0.6) is 5.75 Å². The average molecular weight is 392 g/mol. The third-order valence-electron chi connectivity index (χ3n) is 5.12. The van der Waals surface area contributed by atoms with Gasteiger partial charge in [-0.1, -0.05) is 44.0 Å². The Morgan fingerprint density at radius 1 is 0.929 bits per heavy atom. The van der Waals surface area contributed by atoms with Crippen molar-refractivity contribution in [3.8, 4) is 5.75 Å². The molecule has 1 saturated carbocycles. The molecule has 0 aliphatic heterocycles. The molecule has 0 aromatic heterocycles. The molecule has 0 radical (unpaired) electrons. The zero-order chi connectivity index (χ0) is 20.3. The highest BCUT2D eigenvalue weighted by Gasteiger charge is 2.22. The highest BCUT2D eigenvalue weighted by atomic mass is 19.2. The smallest absolute Gasteiger partial charge is 0.375 e. The minimum atomic E-state index is -1.73. The number of esters is 1. The average Bonchev–Trinajstić information content (AvgIpc) is 2.70. The second-order valence-corrected chi connectivity index (χ2v) is 7.17. The molecular weight excluding hydrogens is 372 g/mol. The maximum Gasteiger partial charge on any atom is 0.375 e. The molecule has 6 heteroatoms. The van der Waals surface area contributed by atoms with Gasteiger partial charge in [0.1, 0.15) is 5.75 Å². The maximum absolute atomic E-state index is 14.3. The second kappa shape index (κ2) is 8.59. The Morgan fingerprint density at radius 2 is 1.57 bits per heavy atom. The van der Waals surface area contributed by atoms with E-state index in [-0.39, 0.29) is 5.56 Å². The summed E-state index contributed by atoms with van der Waals surface area (Å²) in [5.74, 6) is -6.42. The van der Waals surface area contributed by atoms with Gasteiger partial charge in [-0.2, -0.15) is 4.39 Å². The molecular formula is C22H20F4O2. The van der Waals surface area contributed by atoms with Crippen LogP contribution in [-0.2, 0) is 4.79 Å². The fourth-order valence-corrected chi connectivity index (χ4v) is 3.40. The van der Waals surface area contributed by atoms with Gasteiger partial charge in [0.15, 0.2) is 17.5 Å². The topological polar surface area (TPSA) is 26.3 Å². The molecule has 2 aromatic carbocycles. The number of halogens is 4. The zero-order valence-electron chi connectivity index (χ0n) is 15.4. The number of hydrogen-bond acceptors (Lipinski definition) is 2. The van der Waals surface area contributed by atoms with Crippen LogP contribution in [0.2, 0.25) is 0 Å². The molecule has 1 fully saturated rings. The molecule has 0 saturated heterocycles. The lowest BCUT2D eigenvalue weighted by molar-refractivity contribution is -0.131. The van der Waals surface area contributed by atoms with Gasteiger partial charge in [-0.05, 0) is 42.4 Å². The quantitative estimate of drug-likeness (QED) is 0.258. The Labute approximate surface area is 160 Å². The monoisotopic (exact) mass is 392 g/mol. The van der Waals surface area contributed by atoms with Crippen molar-refractivity contribution < 1.29 is 27.1 Å². The molecule has 2 nitrogen and oxygen atoms in total. The molecule has 0 bridgehead atoms. The molecule has 0 unspecified atom stereocenters. The minimum Gasteiger partial charge on any atom is -0.421 e. The lowest BCUT2D eigenvalue weighted by atomic mass is 9.79. The van der Waals surface area contributed by atoms with E-state index in [9.17, 15) is 22.4 Å². The number of carbonyl (C=O) groups is 1. The summed E-state index contributed by atoms with van der Waals surface area (Å²) in [4.78, 5) is 11.8. The van der Waals surface area contributed by atoms with Gasteiger partial charge in [0.2, 0.25) is 5.83 Å². The Balaban J connectivity index is 1.71. The summed E-state index contributed by atoms with van der Waals surface area (Å²) in [7, 11) is 0. The van der Waals surface area contributed by atoms with E-state index in [4.69, 9.17) is 0 Å². The normalized spacial score (nSPS) is 20.5. The Morgan fingerprint density at radius 3 is 2.18 bits per heavy atom. The van der Waals surface area contributed by atoms with Crippen LogP contribution < -0.4 is 4.74 Å². The Kier molecular flexibility index (Phi) is 6.17. The lowest BCUT2D eigenvalue weighted by Gasteiger charge is -2.26. The van der Waals surface area contributed by atoms with Crippen LogP contribution >= 0.6 is 0 Å². The molecule has 2 aromatic rings. The number of hydrogen-bond donors (Lipinski definition) is 0. The van der Waals surface area contributed by atoms with Crippen molar-refractivity contribution in [2.45, 2.75) is 38.5 Å². The SMILES string of the molecule is CC1CCC(c2ccc(/C(F)=C(/F)C(=O)Oc3ccc(F)c(F)c3)cc2)CC1. The first kappa shape index (κ1) is 20.1. The first-order valence-electron chi connectivity index (χ1n) is 9.18. The zero-order valence-corrected chi connectivity index (χ0v) is 15.4. The van der Waals surface area contributed by atoms with Gasteiger partial charge < -0.3 is 4.74 Å². The fraction of sp³-hybridized carbons (Fsp3) is 0.318. The summed E-state index contributed by atoms with van der Waals surface area (Å²) in [5, 5.41) is 0. The fourth-order valence-electron chi connectivity index (χ4n) is 3.40. The van der Waals surface area contributed by atoms with Gasteiger partial charge >= 0.3 is 5.97 Å². The molecule has 28 heavy (non-hydrogen) atoms. The summed E-state index contributed by atoms with van der Waals surface area (Å²) >= 11 is 0. The van der Waals surface area contributed by atoms with E-state index in [1.54, 1.807) is 12.1 Å². The van der Waals surface area contributed by atoms with Crippen molar-refractivity contribution in [2.24, 2.45) is 5.92 Å². The third-order valence-corrected chi connectivity index (χ3v) is 5.12. The van der Waals surface area contributed by atoms with Crippen LogP contribution in [0, 0.1) is 17.6 Å². The summed E-state index contributed by atoms with van der Waals surface area (Å²) < 4.78 is 59.0. The van der Waals surface area contributed by atoms with Gasteiger partial charge in [0.25, 0.3) is 0 Å². The molecule has 148 valence electrons. The molecule has 0 amide bonds. The van der Waals surface area contributed by atoms with Crippen molar-refractivity contribution >= 4 is 11.8 Å². The summed E-state index contributed by atoms with van der Waals surface area (Å²) in [6.07, 6.45) is 4.41. The number of carbonyl (C=O) groups excluding carboxylic acids is 1. The van der Waals surface area contributed by atoms with Crippen LogP contribution in [-0.4, -0.2) is 5.97 Å². The highest BCUT2D eigenvalue weighted by molar-refractivity contribution is 5.94. The minimum absolute atomic E-state index is 0.0901. The Hall–Kier alpha value is -2.63. The van der Waals surface area contributed by atoms with Gasteiger partial charge in [-0.25, -0.2) is 18.0 Å². The van der Waals surface area contributed by atoms with E-state index in [1.807, 2.05) is 0 Å². The third kappa shape index (κ3) is 4.61.